The van der Waals surface area contributed by atoms with Gasteiger partial charge in [0.2, 0.25) is 11.8 Å². The normalized spacial score (nSPS) is 13.0. The van der Waals surface area contributed by atoms with Crippen molar-refractivity contribution in [2.24, 2.45) is 0 Å². The SMILES string of the molecule is CC(=O)NCc1cc(-c2ccccc2)c2c(n1)OCCN(Cc1cc(C(F)(F)F)cc(C(F)(F)F)c1)C2=O.CC(=O)OC(C)=O. The van der Waals surface area contributed by atoms with Gasteiger partial charge in [-0.2, -0.15) is 26.3 Å². The highest BCUT2D eigenvalue weighted by atomic mass is 19.4. The topological polar surface area (TPSA) is 115 Å². The van der Waals surface area contributed by atoms with E-state index < -0.39 is 47.9 Å². The van der Waals surface area contributed by atoms with Gasteiger partial charge in [0.1, 0.15) is 12.2 Å². The Kier molecular flexibility index (Phi) is 10.9. The summed E-state index contributed by atoms with van der Waals surface area (Å²) in [6.45, 7) is 3.02. The molecule has 0 fully saturated rings. The standard InChI is InChI=1S/C26H21F6N3O3.C4H6O3/c1-15(36)33-13-20-12-21(17-5-3-2-4-6-17)22-23(34-20)38-8-7-35(24(22)37)14-16-9-18(25(27,28)29)11-19(10-16)26(30,31)32;1-3(5)7-4(2)6/h2-6,9-12H,7-8,13-14H2,1H3,(H,33,36);1-2H3. The third kappa shape index (κ3) is 9.78. The lowest BCUT2D eigenvalue weighted by Crippen LogP contribution is -2.32. The third-order valence-electron chi connectivity index (χ3n) is 6.05. The van der Waals surface area contributed by atoms with Gasteiger partial charge in [-0.3, -0.25) is 19.2 Å². The highest BCUT2D eigenvalue weighted by Gasteiger charge is 2.37. The molecule has 2 amide bonds. The Labute approximate surface area is 253 Å². The number of carbonyl (C=O) groups excluding carboxylic acids is 4. The smallest absolute Gasteiger partial charge is 0.416 e. The first-order valence-corrected chi connectivity index (χ1v) is 13.2. The third-order valence-corrected chi connectivity index (χ3v) is 6.05. The number of rotatable bonds is 5. The number of esters is 2. The van der Waals surface area contributed by atoms with Crippen molar-refractivity contribution in [2.45, 2.75) is 46.2 Å². The minimum atomic E-state index is -5.01. The quantitative estimate of drug-likeness (QED) is 0.221. The molecule has 1 aliphatic heterocycles. The van der Waals surface area contributed by atoms with Crippen LogP contribution in [0.1, 0.15) is 53.5 Å². The molecule has 2 heterocycles. The van der Waals surface area contributed by atoms with Crippen LogP contribution in [-0.4, -0.2) is 46.8 Å². The number of nitrogens with one attached hydrogen (secondary N) is 1. The summed E-state index contributed by atoms with van der Waals surface area (Å²) in [6.07, 6.45) is -10.0. The van der Waals surface area contributed by atoms with Crippen LogP contribution < -0.4 is 10.1 Å². The molecule has 0 spiro atoms. The first-order chi connectivity index (χ1) is 21.0. The van der Waals surface area contributed by atoms with Crippen LogP contribution in [0.15, 0.2) is 54.6 Å². The van der Waals surface area contributed by atoms with Gasteiger partial charge in [-0.1, -0.05) is 30.3 Å². The molecule has 15 heteroatoms. The van der Waals surface area contributed by atoms with Gasteiger partial charge < -0.3 is 19.7 Å². The Bertz CT molecular complexity index is 1530. The van der Waals surface area contributed by atoms with Crippen molar-refractivity contribution in [3.8, 4) is 17.0 Å². The van der Waals surface area contributed by atoms with Crippen LogP contribution in [-0.2, 0) is 44.6 Å². The van der Waals surface area contributed by atoms with Crippen LogP contribution >= 0.6 is 0 Å². The number of hydrogen-bond donors (Lipinski definition) is 1. The van der Waals surface area contributed by atoms with Crippen LogP contribution in [0.5, 0.6) is 5.88 Å². The fourth-order valence-electron chi connectivity index (χ4n) is 4.23. The highest BCUT2D eigenvalue weighted by Crippen LogP contribution is 2.38. The lowest BCUT2D eigenvalue weighted by atomic mass is 9.98. The second kappa shape index (κ2) is 14.2. The maximum absolute atomic E-state index is 13.7. The molecule has 1 aromatic heterocycles. The van der Waals surface area contributed by atoms with Crippen molar-refractivity contribution >= 4 is 23.8 Å². The summed E-state index contributed by atoms with van der Waals surface area (Å²) in [5, 5.41) is 2.61. The summed E-state index contributed by atoms with van der Waals surface area (Å²) in [5.74, 6) is -2.13. The van der Waals surface area contributed by atoms with Gasteiger partial charge in [0.25, 0.3) is 5.91 Å². The zero-order chi connectivity index (χ0) is 33.5. The van der Waals surface area contributed by atoms with Crippen LogP contribution in [0, 0.1) is 0 Å². The van der Waals surface area contributed by atoms with Gasteiger partial charge in [0, 0.05) is 32.9 Å². The zero-order valence-electron chi connectivity index (χ0n) is 24.1. The predicted octanol–water partition coefficient (Wildman–Crippen LogP) is 5.55. The van der Waals surface area contributed by atoms with Gasteiger partial charge in [-0.15, -0.1) is 0 Å². The molecule has 2 aromatic carbocycles. The van der Waals surface area contributed by atoms with E-state index in [9.17, 15) is 45.5 Å². The van der Waals surface area contributed by atoms with E-state index in [1.807, 2.05) is 0 Å². The van der Waals surface area contributed by atoms with E-state index in [1.165, 1.54) is 20.8 Å². The fourth-order valence-corrected chi connectivity index (χ4v) is 4.23. The van der Waals surface area contributed by atoms with Crippen molar-refractivity contribution < 1.29 is 55.0 Å². The number of halogens is 6. The highest BCUT2D eigenvalue weighted by molar-refractivity contribution is 6.03. The van der Waals surface area contributed by atoms with E-state index in [0.717, 1.165) is 4.90 Å². The molecule has 1 aliphatic rings. The second-order valence-corrected chi connectivity index (χ2v) is 9.69. The molecule has 4 rings (SSSR count). The minimum absolute atomic E-state index is 0.0169. The number of pyridine rings is 1. The molecular weight excluding hydrogens is 612 g/mol. The zero-order valence-corrected chi connectivity index (χ0v) is 24.1. The molecule has 45 heavy (non-hydrogen) atoms. The largest absolute Gasteiger partial charge is 0.475 e. The summed E-state index contributed by atoms with van der Waals surface area (Å²) >= 11 is 0. The molecule has 0 radical (unpaired) electrons. The van der Waals surface area contributed by atoms with Gasteiger partial charge in [0.15, 0.2) is 0 Å². The number of aromatic nitrogens is 1. The number of alkyl halides is 6. The summed E-state index contributed by atoms with van der Waals surface area (Å²) in [5.41, 5.74) is -1.85. The Morgan fingerprint density at radius 1 is 0.911 bits per heavy atom. The number of benzene rings is 2. The Hall–Kier alpha value is -4.95. The van der Waals surface area contributed by atoms with Gasteiger partial charge >= 0.3 is 24.3 Å². The van der Waals surface area contributed by atoms with E-state index in [1.54, 1.807) is 36.4 Å². The Balaban J connectivity index is 0.000000707. The number of hydrogen-bond acceptors (Lipinski definition) is 7. The van der Waals surface area contributed by atoms with Crippen LogP contribution in [0.4, 0.5) is 26.3 Å². The van der Waals surface area contributed by atoms with E-state index >= 15 is 0 Å². The maximum atomic E-state index is 13.7. The fraction of sp³-hybridized carbons (Fsp3) is 0.300. The van der Waals surface area contributed by atoms with Crippen molar-refractivity contribution in [3.63, 3.8) is 0 Å². The molecule has 3 aromatic rings. The lowest BCUT2D eigenvalue weighted by molar-refractivity contribution is -0.156. The number of amides is 2. The summed E-state index contributed by atoms with van der Waals surface area (Å²) in [4.78, 5) is 50.1. The molecule has 9 nitrogen and oxygen atoms in total. The summed E-state index contributed by atoms with van der Waals surface area (Å²) < 4.78 is 89.7. The average Bonchev–Trinajstić information content (AvgIpc) is 3.08. The van der Waals surface area contributed by atoms with Gasteiger partial charge in [-0.25, -0.2) is 4.98 Å². The number of carbonyl (C=O) groups is 4. The molecule has 240 valence electrons. The second-order valence-electron chi connectivity index (χ2n) is 9.69. The van der Waals surface area contributed by atoms with E-state index in [2.05, 4.69) is 15.0 Å². The number of nitrogens with zero attached hydrogens (tertiary/aromatic N) is 2. The molecule has 0 saturated heterocycles. The van der Waals surface area contributed by atoms with Gasteiger partial charge in [-0.05, 0) is 35.4 Å². The van der Waals surface area contributed by atoms with Crippen LogP contribution in [0.25, 0.3) is 11.1 Å². The van der Waals surface area contributed by atoms with Crippen molar-refractivity contribution in [3.05, 3.63) is 82.5 Å². The molecule has 1 N–H and O–H groups in total. The van der Waals surface area contributed by atoms with Crippen LogP contribution in [0.3, 0.4) is 0 Å². The van der Waals surface area contributed by atoms with Crippen molar-refractivity contribution in [2.75, 3.05) is 13.2 Å². The maximum Gasteiger partial charge on any atom is 0.416 e. The summed E-state index contributed by atoms with van der Waals surface area (Å²) in [7, 11) is 0. The number of fused-ring (bicyclic) bond motifs is 1. The Morgan fingerprint density at radius 3 is 1.98 bits per heavy atom. The molecule has 0 saturated carbocycles. The number of ether oxygens (including phenoxy) is 2. The molecule has 0 atom stereocenters. The van der Waals surface area contributed by atoms with Gasteiger partial charge in [0.05, 0.1) is 29.9 Å². The predicted molar refractivity (Wildman–Crippen MR) is 146 cm³/mol. The molecule has 0 unspecified atom stereocenters. The lowest BCUT2D eigenvalue weighted by Gasteiger charge is -2.22. The molecule has 0 bridgehead atoms. The summed E-state index contributed by atoms with van der Waals surface area (Å²) in [6, 6.07) is 11.5. The average molecular weight is 640 g/mol. The first kappa shape index (κ1) is 34.5. The van der Waals surface area contributed by atoms with Crippen LogP contribution in [0.2, 0.25) is 0 Å². The van der Waals surface area contributed by atoms with E-state index in [4.69, 9.17) is 4.74 Å². The molecule has 0 aliphatic carbocycles. The van der Waals surface area contributed by atoms with Crippen molar-refractivity contribution in [1.82, 2.24) is 15.2 Å². The van der Waals surface area contributed by atoms with E-state index in [-0.39, 0.29) is 48.7 Å². The van der Waals surface area contributed by atoms with Crippen molar-refractivity contribution in [1.29, 1.82) is 0 Å². The minimum Gasteiger partial charge on any atom is -0.475 e. The Morgan fingerprint density at radius 2 is 1.49 bits per heavy atom. The monoisotopic (exact) mass is 639 g/mol. The molecular formula is C30H27F6N3O6. The first-order valence-electron chi connectivity index (χ1n) is 13.2. The van der Waals surface area contributed by atoms with E-state index in [0.29, 0.717) is 29.0 Å².